The Morgan fingerprint density at radius 1 is 0.925 bits per heavy atom. The highest BCUT2D eigenvalue weighted by Crippen LogP contribution is 2.38. The van der Waals surface area contributed by atoms with Gasteiger partial charge in [0.05, 0.1) is 28.1 Å². The van der Waals surface area contributed by atoms with E-state index < -0.39 is 17.7 Å². The molecule has 4 aromatic rings. The zero-order valence-corrected chi connectivity index (χ0v) is 31.3. The number of terminal acetylenes is 1. The summed E-state index contributed by atoms with van der Waals surface area (Å²) in [6, 6.07) is 29.4. The summed E-state index contributed by atoms with van der Waals surface area (Å²) < 4.78 is 5.26. The average Bonchev–Trinajstić information content (AvgIpc) is 3.30. The molecule has 0 bridgehead atoms. The number of fused-ring (bicyclic) bond motifs is 2. The van der Waals surface area contributed by atoms with E-state index in [9.17, 15) is 9.59 Å². The maximum atomic E-state index is 12.7. The molecule has 2 N–H and O–H groups in total. The topological polar surface area (TPSA) is 114 Å². The van der Waals surface area contributed by atoms with Crippen LogP contribution in [-0.2, 0) is 9.53 Å². The predicted octanol–water partition coefficient (Wildman–Crippen LogP) is 7.26. The van der Waals surface area contributed by atoms with E-state index in [1.807, 2.05) is 72.6 Å². The van der Waals surface area contributed by atoms with Gasteiger partial charge in [-0.1, -0.05) is 18.2 Å². The Morgan fingerprint density at radius 2 is 1.60 bits per heavy atom. The van der Waals surface area contributed by atoms with Gasteiger partial charge in [0, 0.05) is 68.1 Å². The lowest BCUT2D eigenvalue weighted by Gasteiger charge is -2.23. The molecule has 4 aromatic carbocycles. The highest BCUT2D eigenvalue weighted by atomic mass is 16.6. The number of nitrogens with one attached hydrogen (secondary N) is 2. The highest BCUT2D eigenvalue weighted by Gasteiger charge is 2.24. The molecule has 0 radical (unpaired) electrons. The Kier molecular flexibility index (Phi) is 12.5. The third-order valence-electron chi connectivity index (χ3n) is 8.55. The van der Waals surface area contributed by atoms with E-state index in [4.69, 9.17) is 16.2 Å². The summed E-state index contributed by atoms with van der Waals surface area (Å²) in [5, 5.41) is 16.4. The lowest BCUT2D eigenvalue weighted by atomic mass is 10.2. The number of likely N-dealkylation sites (N-methyl/N-ethyl adjacent to an activating group) is 1. The first-order valence-electron chi connectivity index (χ1n) is 17.9. The fraction of sp³-hybridized carbons (Fsp3) is 0.310. The molecule has 0 fully saturated rings. The van der Waals surface area contributed by atoms with Gasteiger partial charge in [0.2, 0.25) is 5.91 Å². The molecule has 0 saturated carbocycles. The highest BCUT2D eigenvalue weighted by molar-refractivity contribution is 5.86. The van der Waals surface area contributed by atoms with Crippen LogP contribution in [0.4, 0.5) is 44.6 Å². The molecule has 1 aliphatic heterocycles. The van der Waals surface area contributed by atoms with Crippen molar-refractivity contribution in [2.45, 2.75) is 52.7 Å². The van der Waals surface area contributed by atoms with Crippen LogP contribution in [0.5, 0.6) is 0 Å². The molecule has 0 aliphatic carbocycles. The Bertz CT molecular complexity index is 2080. The lowest BCUT2D eigenvalue weighted by Crippen LogP contribution is -2.49. The summed E-state index contributed by atoms with van der Waals surface area (Å²) in [7, 11) is 1.93. The normalized spacial score (nSPS) is 12.6. The van der Waals surface area contributed by atoms with E-state index in [1.165, 1.54) is 0 Å². The maximum Gasteiger partial charge on any atom is 0.408 e. The van der Waals surface area contributed by atoms with Crippen LogP contribution in [0.25, 0.3) is 6.20 Å². The van der Waals surface area contributed by atoms with Crippen molar-refractivity contribution < 1.29 is 14.3 Å². The lowest BCUT2D eigenvalue weighted by molar-refractivity contribution is -0.123. The zero-order valence-electron chi connectivity index (χ0n) is 31.3. The second-order valence-electron chi connectivity index (χ2n) is 13.6. The van der Waals surface area contributed by atoms with Crippen LogP contribution < -0.4 is 35.9 Å². The van der Waals surface area contributed by atoms with Gasteiger partial charge < -0.3 is 30.1 Å². The van der Waals surface area contributed by atoms with Crippen LogP contribution >= 0.6 is 0 Å². The second-order valence-corrected chi connectivity index (χ2v) is 13.6. The van der Waals surface area contributed by atoms with Crippen LogP contribution in [0.2, 0.25) is 0 Å². The number of ether oxygens (including phenoxy) is 1. The standard InChI is InChI=1S/C42H48N8O3/c1-8-14-36(45-41(52)53-42(4,5)6)40(51)43-25-26-48(7)33-22-18-31(19-23-33)46-47-32-20-24-39-38(27-32)44-37-28-35(49(9-2)10-3)21-17-30(37)29-50(39)34-15-12-11-13-16-34/h1,11-13,15-24,27-29,36H,9-10,14,25-26H2,2-7H3,(H,43,51)(H,45,52)/b47-46+. The van der Waals surface area contributed by atoms with Crippen molar-refractivity contribution in [1.29, 1.82) is 0 Å². The number of hydrogen-bond donors (Lipinski definition) is 2. The number of benzene rings is 4. The number of para-hydroxylation sites is 1. The van der Waals surface area contributed by atoms with Crippen molar-refractivity contribution in [2.75, 3.05) is 47.9 Å². The van der Waals surface area contributed by atoms with Gasteiger partial charge in [-0.25, -0.2) is 9.79 Å². The number of azo groups is 1. The Labute approximate surface area is 312 Å². The summed E-state index contributed by atoms with van der Waals surface area (Å²) in [5.74, 6) is 2.06. The molecule has 0 saturated heterocycles. The molecule has 11 heteroatoms. The van der Waals surface area contributed by atoms with Gasteiger partial charge in [-0.05, 0) is 107 Å². The van der Waals surface area contributed by atoms with Gasteiger partial charge in [0.15, 0.2) is 0 Å². The van der Waals surface area contributed by atoms with Crippen LogP contribution in [0.15, 0.2) is 106 Å². The first kappa shape index (κ1) is 38.1. The van der Waals surface area contributed by atoms with Crippen LogP contribution in [0.3, 0.4) is 0 Å². The van der Waals surface area contributed by atoms with Gasteiger partial charge in [-0.3, -0.25) is 4.79 Å². The summed E-state index contributed by atoms with van der Waals surface area (Å²) in [6.07, 6.45) is 6.93. The third kappa shape index (κ3) is 10.2. The van der Waals surface area contributed by atoms with Gasteiger partial charge in [0.25, 0.3) is 0 Å². The van der Waals surface area contributed by atoms with Crippen molar-refractivity contribution >= 4 is 58.0 Å². The average molecular weight is 713 g/mol. The molecule has 1 aliphatic rings. The van der Waals surface area contributed by atoms with E-state index in [0.717, 1.165) is 52.1 Å². The van der Waals surface area contributed by atoms with Crippen molar-refractivity contribution in [3.63, 3.8) is 0 Å². The van der Waals surface area contributed by atoms with Crippen molar-refractivity contribution in [3.8, 4) is 12.3 Å². The first-order valence-corrected chi connectivity index (χ1v) is 17.9. The monoisotopic (exact) mass is 712 g/mol. The number of hydrogen-bond acceptors (Lipinski definition) is 9. The molecule has 1 heterocycles. The van der Waals surface area contributed by atoms with Crippen molar-refractivity contribution in [3.05, 3.63) is 102 Å². The summed E-state index contributed by atoms with van der Waals surface area (Å²) >= 11 is 0. The van der Waals surface area contributed by atoms with Crippen LogP contribution in [0.1, 0.15) is 41.0 Å². The largest absolute Gasteiger partial charge is 0.444 e. The Morgan fingerprint density at radius 3 is 2.28 bits per heavy atom. The molecule has 11 nitrogen and oxygen atoms in total. The predicted molar refractivity (Wildman–Crippen MR) is 213 cm³/mol. The molecule has 0 aromatic heterocycles. The SMILES string of the molecule is C#CCC(NC(=O)OC(C)(C)C)C(=O)NCCN(C)c1ccc(/N=N/c2ccc3c(c2)N=c2cc(N(CC)CC)ccc2=CN3c2ccccc2)cc1. The van der Waals surface area contributed by atoms with Crippen LogP contribution in [-0.4, -0.2) is 56.9 Å². The van der Waals surface area contributed by atoms with Gasteiger partial charge >= 0.3 is 6.09 Å². The number of nitrogens with zero attached hydrogens (tertiary/aromatic N) is 6. The number of anilines is 4. The molecule has 1 atom stereocenters. The van der Waals surface area contributed by atoms with Crippen molar-refractivity contribution in [2.24, 2.45) is 15.2 Å². The molecule has 274 valence electrons. The third-order valence-corrected chi connectivity index (χ3v) is 8.55. The smallest absolute Gasteiger partial charge is 0.408 e. The minimum absolute atomic E-state index is 0.0492. The molecule has 2 amide bonds. The summed E-state index contributed by atoms with van der Waals surface area (Å²) in [4.78, 5) is 36.6. The zero-order chi connectivity index (χ0) is 38.0. The molecular formula is C42H48N8O3. The van der Waals surface area contributed by atoms with E-state index in [-0.39, 0.29) is 12.3 Å². The van der Waals surface area contributed by atoms with Crippen LogP contribution in [0, 0.1) is 12.3 Å². The first-order chi connectivity index (χ1) is 25.5. The molecule has 0 spiro atoms. The number of rotatable bonds is 13. The van der Waals surface area contributed by atoms with E-state index in [2.05, 4.69) is 87.0 Å². The van der Waals surface area contributed by atoms with E-state index >= 15 is 0 Å². The number of carbonyl (C=O) groups is 2. The molecule has 5 rings (SSSR count). The number of alkyl carbamates (subject to hydrolysis) is 1. The quantitative estimate of drug-likeness (QED) is 0.112. The minimum Gasteiger partial charge on any atom is -0.444 e. The number of amides is 2. The molecule has 1 unspecified atom stereocenters. The van der Waals surface area contributed by atoms with Gasteiger partial charge in [-0.2, -0.15) is 10.2 Å². The fourth-order valence-electron chi connectivity index (χ4n) is 5.80. The van der Waals surface area contributed by atoms with E-state index in [0.29, 0.717) is 24.5 Å². The van der Waals surface area contributed by atoms with Gasteiger partial charge in [0.1, 0.15) is 11.6 Å². The number of carbonyl (C=O) groups excluding carboxylic acids is 2. The maximum absolute atomic E-state index is 12.7. The Balaban J connectivity index is 1.27. The fourth-order valence-corrected chi connectivity index (χ4v) is 5.80. The minimum atomic E-state index is -0.889. The summed E-state index contributed by atoms with van der Waals surface area (Å²) in [6.45, 7) is 12.3. The second kappa shape index (κ2) is 17.4. The molecular weight excluding hydrogens is 665 g/mol. The van der Waals surface area contributed by atoms with Crippen molar-refractivity contribution in [1.82, 2.24) is 10.6 Å². The molecule has 53 heavy (non-hydrogen) atoms. The summed E-state index contributed by atoms with van der Waals surface area (Å²) in [5.41, 5.74) is 5.55. The van der Waals surface area contributed by atoms with Gasteiger partial charge in [-0.15, -0.1) is 12.3 Å². The van der Waals surface area contributed by atoms with E-state index in [1.54, 1.807) is 20.8 Å². The Hall–Kier alpha value is -6.15.